The van der Waals surface area contributed by atoms with Gasteiger partial charge in [-0.2, -0.15) is 4.98 Å². The lowest BCUT2D eigenvalue weighted by molar-refractivity contribution is 0.116. The molecule has 1 saturated heterocycles. The highest BCUT2D eigenvalue weighted by atomic mass is 35.5. The van der Waals surface area contributed by atoms with Gasteiger partial charge in [0.25, 0.3) is 0 Å². The smallest absolute Gasteiger partial charge is 0.232 e. The lowest BCUT2D eigenvalue weighted by Crippen LogP contribution is -2.44. The van der Waals surface area contributed by atoms with E-state index in [1.54, 1.807) is 12.1 Å². The molecular formula is C15H15ClFN3O. The van der Waals surface area contributed by atoms with Crippen molar-refractivity contribution in [2.24, 2.45) is 0 Å². The minimum atomic E-state index is -0.250. The quantitative estimate of drug-likeness (QED) is 0.869. The van der Waals surface area contributed by atoms with Crippen LogP contribution >= 0.6 is 11.6 Å². The number of benzene rings is 1. The summed E-state index contributed by atoms with van der Waals surface area (Å²) in [6.07, 6.45) is 2.34. The summed E-state index contributed by atoms with van der Waals surface area (Å²) in [6.45, 7) is 2.12. The van der Waals surface area contributed by atoms with Crippen molar-refractivity contribution >= 4 is 11.6 Å². The zero-order valence-corrected chi connectivity index (χ0v) is 12.2. The molecule has 4 nitrogen and oxygen atoms in total. The maximum Gasteiger partial charge on any atom is 0.232 e. The van der Waals surface area contributed by atoms with Crippen molar-refractivity contribution < 1.29 is 8.91 Å². The SMILES string of the molecule is Fc1cccc(Cl)c1CN1CC(c2nc(C3CC3)no2)C1. The van der Waals surface area contributed by atoms with E-state index in [0.29, 0.717) is 28.9 Å². The van der Waals surface area contributed by atoms with Crippen molar-refractivity contribution in [1.82, 2.24) is 15.0 Å². The second kappa shape index (κ2) is 5.07. The van der Waals surface area contributed by atoms with E-state index in [1.807, 2.05) is 0 Å². The molecule has 0 spiro atoms. The Balaban J connectivity index is 1.38. The molecule has 1 aromatic carbocycles. The van der Waals surface area contributed by atoms with E-state index in [2.05, 4.69) is 15.0 Å². The molecule has 6 heteroatoms. The van der Waals surface area contributed by atoms with Gasteiger partial charge in [-0.05, 0) is 25.0 Å². The number of rotatable bonds is 4. The Kier molecular flexibility index (Phi) is 3.19. The summed E-state index contributed by atoms with van der Waals surface area (Å²) < 4.78 is 19.1. The molecule has 0 bridgehead atoms. The Morgan fingerprint density at radius 2 is 2.10 bits per heavy atom. The van der Waals surface area contributed by atoms with Crippen LogP contribution in [0.5, 0.6) is 0 Å². The summed E-state index contributed by atoms with van der Waals surface area (Å²) in [6, 6.07) is 4.79. The molecule has 1 aliphatic heterocycles. The Hall–Kier alpha value is -1.46. The molecule has 0 N–H and O–H groups in total. The van der Waals surface area contributed by atoms with Crippen molar-refractivity contribution in [3.8, 4) is 0 Å². The van der Waals surface area contributed by atoms with E-state index in [-0.39, 0.29) is 11.7 Å². The molecule has 0 unspecified atom stereocenters. The maximum atomic E-state index is 13.7. The Bertz CT molecular complexity index is 644. The van der Waals surface area contributed by atoms with Crippen LogP contribution in [0.25, 0.3) is 0 Å². The zero-order valence-electron chi connectivity index (χ0n) is 11.4. The van der Waals surface area contributed by atoms with Crippen LogP contribution in [-0.2, 0) is 6.54 Å². The molecule has 1 saturated carbocycles. The number of hydrogen-bond acceptors (Lipinski definition) is 4. The predicted molar refractivity (Wildman–Crippen MR) is 75.7 cm³/mol. The minimum absolute atomic E-state index is 0.250. The third-order valence-electron chi connectivity index (χ3n) is 4.15. The lowest BCUT2D eigenvalue weighted by atomic mass is 9.99. The van der Waals surface area contributed by atoms with Gasteiger partial charge in [-0.15, -0.1) is 0 Å². The standard InChI is InChI=1S/C15H15ClFN3O/c16-12-2-1-3-13(17)11(12)8-20-6-10(7-20)15-18-14(19-21-15)9-4-5-9/h1-3,9-10H,4-8H2. The topological polar surface area (TPSA) is 42.2 Å². The number of likely N-dealkylation sites (tertiary alicyclic amines) is 1. The molecule has 1 aliphatic carbocycles. The van der Waals surface area contributed by atoms with E-state index in [9.17, 15) is 4.39 Å². The van der Waals surface area contributed by atoms with Crippen LogP contribution in [0.3, 0.4) is 0 Å². The molecule has 4 rings (SSSR count). The fourth-order valence-corrected chi connectivity index (χ4v) is 2.91. The van der Waals surface area contributed by atoms with Crippen LogP contribution in [0.2, 0.25) is 5.02 Å². The second-order valence-electron chi connectivity index (χ2n) is 5.86. The highest BCUT2D eigenvalue weighted by Crippen LogP contribution is 2.39. The van der Waals surface area contributed by atoms with Gasteiger partial charge in [0.05, 0.1) is 5.92 Å². The van der Waals surface area contributed by atoms with Crippen molar-refractivity contribution in [3.63, 3.8) is 0 Å². The molecule has 1 aromatic heterocycles. The molecule has 2 aliphatic rings. The third-order valence-corrected chi connectivity index (χ3v) is 4.50. The third kappa shape index (κ3) is 2.56. The van der Waals surface area contributed by atoms with Crippen LogP contribution in [0.1, 0.15) is 42.0 Å². The first-order valence-corrected chi connectivity index (χ1v) is 7.57. The van der Waals surface area contributed by atoms with Gasteiger partial charge in [-0.1, -0.05) is 22.8 Å². The van der Waals surface area contributed by atoms with E-state index in [4.69, 9.17) is 16.1 Å². The van der Waals surface area contributed by atoms with E-state index in [1.165, 1.54) is 18.9 Å². The van der Waals surface area contributed by atoms with Gasteiger partial charge in [0, 0.05) is 36.1 Å². The fourth-order valence-electron chi connectivity index (χ4n) is 2.68. The molecule has 2 heterocycles. The maximum absolute atomic E-state index is 13.7. The van der Waals surface area contributed by atoms with Crippen LogP contribution in [0, 0.1) is 5.82 Å². The summed E-state index contributed by atoms with van der Waals surface area (Å²) in [5, 5.41) is 4.51. The van der Waals surface area contributed by atoms with Gasteiger partial charge < -0.3 is 4.52 Å². The molecule has 0 radical (unpaired) electrons. The first-order valence-electron chi connectivity index (χ1n) is 7.19. The summed E-state index contributed by atoms with van der Waals surface area (Å²) in [5.41, 5.74) is 0.557. The van der Waals surface area contributed by atoms with Crippen LogP contribution in [-0.4, -0.2) is 28.1 Å². The minimum Gasteiger partial charge on any atom is -0.339 e. The Labute approximate surface area is 126 Å². The van der Waals surface area contributed by atoms with Crippen LogP contribution in [0.15, 0.2) is 22.7 Å². The fraction of sp³-hybridized carbons (Fsp3) is 0.467. The number of halogens is 2. The molecule has 2 aromatic rings. The molecule has 0 atom stereocenters. The van der Waals surface area contributed by atoms with Crippen molar-refractivity contribution in [3.05, 3.63) is 46.3 Å². The van der Waals surface area contributed by atoms with Gasteiger partial charge in [0.2, 0.25) is 5.89 Å². The molecule has 21 heavy (non-hydrogen) atoms. The average Bonchev–Trinajstić information content (AvgIpc) is 3.15. The van der Waals surface area contributed by atoms with Gasteiger partial charge in [0.15, 0.2) is 5.82 Å². The monoisotopic (exact) mass is 307 g/mol. The Morgan fingerprint density at radius 1 is 1.29 bits per heavy atom. The van der Waals surface area contributed by atoms with Gasteiger partial charge >= 0.3 is 0 Å². The van der Waals surface area contributed by atoms with Gasteiger partial charge in [0.1, 0.15) is 5.82 Å². The first-order chi connectivity index (χ1) is 10.2. The molecular weight excluding hydrogens is 293 g/mol. The molecule has 2 fully saturated rings. The number of nitrogens with zero attached hydrogens (tertiary/aromatic N) is 3. The largest absolute Gasteiger partial charge is 0.339 e. The van der Waals surface area contributed by atoms with Crippen molar-refractivity contribution in [1.29, 1.82) is 0 Å². The van der Waals surface area contributed by atoms with Gasteiger partial charge in [-0.3, -0.25) is 4.90 Å². The van der Waals surface area contributed by atoms with E-state index >= 15 is 0 Å². The molecule has 110 valence electrons. The number of aromatic nitrogens is 2. The van der Waals surface area contributed by atoms with Crippen molar-refractivity contribution in [2.75, 3.05) is 13.1 Å². The zero-order chi connectivity index (χ0) is 14.4. The lowest BCUT2D eigenvalue weighted by Gasteiger charge is -2.37. The second-order valence-corrected chi connectivity index (χ2v) is 6.26. The Morgan fingerprint density at radius 3 is 2.81 bits per heavy atom. The van der Waals surface area contributed by atoms with Crippen LogP contribution < -0.4 is 0 Å². The summed E-state index contributed by atoms with van der Waals surface area (Å²) in [4.78, 5) is 6.60. The summed E-state index contributed by atoms with van der Waals surface area (Å²) in [5.74, 6) is 2.08. The average molecular weight is 308 g/mol. The van der Waals surface area contributed by atoms with Crippen molar-refractivity contribution in [2.45, 2.75) is 31.2 Å². The number of hydrogen-bond donors (Lipinski definition) is 0. The highest BCUT2D eigenvalue weighted by molar-refractivity contribution is 6.31. The summed E-state index contributed by atoms with van der Waals surface area (Å²) in [7, 11) is 0. The van der Waals surface area contributed by atoms with Gasteiger partial charge in [-0.25, -0.2) is 4.39 Å². The van der Waals surface area contributed by atoms with E-state index < -0.39 is 0 Å². The summed E-state index contributed by atoms with van der Waals surface area (Å²) >= 11 is 6.05. The van der Waals surface area contributed by atoms with E-state index in [0.717, 1.165) is 18.9 Å². The normalized spacial score (nSPS) is 19.7. The first kappa shape index (κ1) is 13.2. The molecule has 0 amide bonds. The highest BCUT2D eigenvalue weighted by Gasteiger charge is 2.35. The van der Waals surface area contributed by atoms with Crippen LogP contribution in [0.4, 0.5) is 4.39 Å². The predicted octanol–water partition coefficient (Wildman–Crippen LogP) is 3.34.